The Hall–Kier alpha value is -2.28. The van der Waals surface area contributed by atoms with Crippen molar-refractivity contribution >= 4 is 39.6 Å². The number of nitrogen functional groups attached to an aromatic ring is 1. The Balaban J connectivity index is 2.13. The number of ether oxygens (including phenoxy) is 1. The summed E-state index contributed by atoms with van der Waals surface area (Å²) in [5.41, 5.74) is 7.24. The lowest BCUT2D eigenvalue weighted by atomic mass is 10.2. The number of carbonyl (C=O) groups is 1. The van der Waals surface area contributed by atoms with Crippen molar-refractivity contribution in [1.29, 1.82) is 0 Å². The van der Waals surface area contributed by atoms with Gasteiger partial charge in [0.25, 0.3) is 0 Å². The average Bonchev–Trinajstić information content (AvgIpc) is 2.78. The highest BCUT2D eigenvalue weighted by Crippen LogP contribution is 2.29. The predicted octanol–water partition coefficient (Wildman–Crippen LogP) is 3.49. The van der Waals surface area contributed by atoms with E-state index in [1.807, 2.05) is 64.0 Å². The Morgan fingerprint density at radius 2 is 1.87 bits per heavy atom. The maximum absolute atomic E-state index is 12.1. The number of esters is 1. The molecule has 0 amide bonds. The van der Waals surface area contributed by atoms with E-state index < -0.39 is 11.6 Å². The first-order valence-electron chi connectivity index (χ1n) is 7.20. The van der Waals surface area contributed by atoms with Crippen LogP contribution in [0.1, 0.15) is 30.4 Å². The van der Waals surface area contributed by atoms with Gasteiger partial charge in [0.15, 0.2) is 15.8 Å². The minimum Gasteiger partial charge on any atom is -0.456 e. The first-order chi connectivity index (χ1) is 10.7. The zero-order valence-electron chi connectivity index (χ0n) is 14.0. The third-order valence-corrected chi connectivity index (χ3v) is 3.84. The molecule has 2 aromatic rings. The van der Waals surface area contributed by atoms with Gasteiger partial charge < -0.3 is 20.7 Å². The van der Waals surface area contributed by atoms with Gasteiger partial charge in [-0.25, -0.2) is 9.78 Å². The SMILES string of the molecule is CN(C)c1ccc(Nc2nc(N)c(C(=O)OC(C)(C)C)s2)cc1. The number of benzene rings is 1. The lowest BCUT2D eigenvalue weighted by molar-refractivity contribution is 0.00762. The molecule has 0 saturated carbocycles. The number of hydrogen-bond donors (Lipinski definition) is 2. The highest BCUT2D eigenvalue weighted by Gasteiger charge is 2.23. The fourth-order valence-electron chi connectivity index (χ4n) is 1.82. The van der Waals surface area contributed by atoms with Crippen molar-refractivity contribution in [3.8, 4) is 0 Å². The first-order valence-corrected chi connectivity index (χ1v) is 8.01. The van der Waals surface area contributed by atoms with Crippen molar-refractivity contribution in [2.75, 3.05) is 30.0 Å². The van der Waals surface area contributed by atoms with E-state index in [0.29, 0.717) is 10.0 Å². The smallest absolute Gasteiger partial charge is 0.352 e. The molecule has 0 aliphatic carbocycles. The molecule has 23 heavy (non-hydrogen) atoms. The molecule has 1 heterocycles. The quantitative estimate of drug-likeness (QED) is 0.833. The van der Waals surface area contributed by atoms with Crippen LogP contribution in [-0.2, 0) is 4.74 Å². The van der Waals surface area contributed by atoms with Crippen LogP contribution in [0.3, 0.4) is 0 Å². The van der Waals surface area contributed by atoms with Gasteiger partial charge >= 0.3 is 5.97 Å². The second kappa shape index (κ2) is 6.45. The summed E-state index contributed by atoms with van der Waals surface area (Å²) < 4.78 is 5.33. The minimum atomic E-state index is -0.566. The Labute approximate surface area is 140 Å². The standard InChI is InChI=1S/C16H22N4O2S/c1-16(2,3)22-14(21)12-13(17)19-15(23-12)18-10-6-8-11(9-7-10)20(4)5/h6-9H,17H2,1-5H3,(H,18,19). The van der Waals surface area contributed by atoms with E-state index in [0.717, 1.165) is 11.4 Å². The van der Waals surface area contributed by atoms with E-state index in [1.165, 1.54) is 11.3 Å². The van der Waals surface area contributed by atoms with E-state index >= 15 is 0 Å². The summed E-state index contributed by atoms with van der Waals surface area (Å²) >= 11 is 1.18. The number of rotatable bonds is 4. The van der Waals surface area contributed by atoms with E-state index in [1.54, 1.807) is 0 Å². The normalized spacial score (nSPS) is 11.2. The lowest BCUT2D eigenvalue weighted by Crippen LogP contribution is -2.23. The molecular formula is C16H22N4O2S. The molecule has 7 heteroatoms. The minimum absolute atomic E-state index is 0.177. The summed E-state index contributed by atoms with van der Waals surface area (Å²) in [6, 6.07) is 7.88. The Morgan fingerprint density at radius 1 is 1.26 bits per heavy atom. The van der Waals surface area contributed by atoms with Gasteiger partial charge in [-0.15, -0.1) is 0 Å². The number of carbonyl (C=O) groups excluding carboxylic acids is 1. The van der Waals surface area contributed by atoms with Gasteiger partial charge in [0, 0.05) is 25.5 Å². The molecule has 0 spiro atoms. The molecule has 0 saturated heterocycles. The van der Waals surface area contributed by atoms with Gasteiger partial charge in [-0.2, -0.15) is 0 Å². The summed E-state index contributed by atoms with van der Waals surface area (Å²) in [5, 5.41) is 3.71. The maximum Gasteiger partial charge on any atom is 0.352 e. The van der Waals surface area contributed by atoms with Crippen LogP contribution in [0.25, 0.3) is 0 Å². The van der Waals surface area contributed by atoms with E-state index in [4.69, 9.17) is 10.5 Å². The van der Waals surface area contributed by atoms with Gasteiger partial charge in [-0.3, -0.25) is 0 Å². The van der Waals surface area contributed by atoms with E-state index in [9.17, 15) is 4.79 Å². The number of hydrogen-bond acceptors (Lipinski definition) is 7. The number of nitrogens with one attached hydrogen (secondary N) is 1. The molecule has 2 rings (SSSR count). The Morgan fingerprint density at radius 3 is 2.39 bits per heavy atom. The van der Waals surface area contributed by atoms with Crippen molar-refractivity contribution < 1.29 is 9.53 Å². The molecule has 1 aromatic carbocycles. The molecule has 3 N–H and O–H groups in total. The summed E-state index contributed by atoms with van der Waals surface area (Å²) in [6.07, 6.45) is 0. The molecule has 0 bridgehead atoms. The highest BCUT2D eigenvalue weighted by atomic mass is 32.1. The first kappa shape index (κ1) is 17.1. The van der Waals surface area contributed by atoms with Crippen LogP contribution >= 0.6 is 11.3 Å². The van der Waals surface area contributed by atoms with Crippen molar-refractivity contribution in [2.45, 2.75) is 26.4 Å². The second-order valence-corrected chi connectivity index (χ2v) is 7.30. The molecule has 1 aromatic heterocycles. The largest absolute Gasteiger partial charge is 0.456 e. The van der Waals surface area contributed by atoms with Crippen LogP contribution in [0, 0.1) is 0 Å². The summed E-state index contributed by atoms with van der Waals surface area (Å²) in [7, 11) is 3.97. The second-order valence-electron chi connectivity index (χ2n) is 6.30. The molecule has 0 radical (unpaired) electrons. The summed E-state index contributed by atoms with van der Waals surface area (Å²) in [4.78, 5) is 18.6. The molecule has 0 aliphatic rings. The van der Waals surface area contributed by atoms with Crippen LogP contribution in [0.5, 0.6) is 0 Å². The molecule has 6 nitrogen and oxygen atoms in total. The molecule has 124 valence electrons. The summed E-state index contributed by atoms with van der Waals surface area (Å²) in [5.74, 6) is -0.278. The van der Waals surface area contributed by atoms with Crippen molar-refractivity contribution in [3.63, 3.8) is 0 Å². The number of thiazole rings is 1. The number of nitrogens with two attached hydrogens (primary N) is 1. The van der Waals surface area contributed by atoms with Crippen LogP contribution in [0.2, 0.25) is 0 Å². The van der Waals surface area contributed by atoms with Crippen molar-refractivity contribution in [1.82, 2.24) is 4.98 Å². The number of anilines is 4. The molecule has 0 unspecified atom stereocenters. The van der Waals surface area contributed by atoms with Gasteiger partial charge in [-0.1, -0.05) is 11.3 Å². The third-order valence-electron chi connectivity index (χ3n) is 2.87. The van der Waals surface area contributed by atoms with Crippen LogP contribution < -0.4 is 16.0 Å². The molecule has 0 atom stereocenters. The lowest BCUT2D eigenvalue weighted by Gasteiger charge is -2.18. The highest BCUT2D eigenvalue weighted by molar-refractivity contribution is 7.18. The molecule has 0 fully saturated rings. The topological polar surface area (TPSA) is 80.5 Å². The van der Waals surface area contributed by atoms with Crippen LogP contribution in [-0.4, -0.2) is 30.6 Å². The van der Waals surface area contributed by atoms with Gasteiger partial charge in [-0.05, 0) is 45.0 Å². The van der Waals surface area contributed by atoms with Crippen molar-refractivity contribution in [3.05, 3.63) is 29.1 Å². The molecular weight excluding hydrogens is 312 g/mol. The zero-order valence-corrected chi connectivity index (χ0v) is 14.8. The number of aromatic nitrogens is 1. The average molecular weight is 334 g/mol. The number of nitrogens with zero attached hydrogens (tertiary/aromatic N) is 2. The fourth-order valence-corrected chi connectivity index (χ4v) is 2.60. The van der Waals surface area contributed by atoms with Gasteiger partial charge in [0.2, 0.25) is 0 Å². The van der Waals surface area contributed by atoms with E-state index in [2.05, 4.69) is 10.3 Å². The van der Waals surface area contributed by atoms with Gasteiger partial charge in [0.05, 0.1) is 0 Å². The van der Waals surface area contributed by atoms with Crippen LogP contribution in [0.4, 0.5) is 22.3 Å². The Bertz CT molecular complexity index is 687. The van der Waals surface area contributed by atoms with E-state index in [-0.39, 0.29) is 5.82 Å². The van der Waals surface area contributed by atoms with Gasteiger partial charge in [0.1, 0.15) is 5.60 Å². The monoisotopic (exact) mass is 334 g/mol. The molecule has 0 aliphatic heterocycles. The summed E-state index contributed by atoms with van der Waals surface area (Å²) in [6.45, 7) is 5.44. The third kappa shape index (κ3) is 4.59. The zero-order chi connectivity index (χ0) is 17.2. The van der Waals surface area contributed by atoms with Crippen molar-refractivity contribution in [2.24, 2.45) is 0 Å². The predicted molar refractivity (Wildman–Crippen MR) is 95.7 cm³/mol. The maximum atomic E-state index is 12.1. The van der Waals surface area contributed by atoms with Crippen LogP contribution in [0.15, 0.2) is 24.3 Å². The Kier molecular flexibility index (Phi) is 4.79. The fraction of sp³-hybridized carbons (Fsp3) is 0.375.